The number of nitrogens with zero attached hydrogens (tertiary/aromatic N) is 1. The smallest absolute Gasteiger partial charge is 0.225 e. The van der Waals surface area contributed by atoms with E-state index in [1.165, 1.54) is 0 Å². The van der Waals surface area contributed by atoms with Gasteiger partial charge in [-0.2, -0.15) is 0 Å². The summed E-state index contributed by atoms with van der Waals surface area (Å²) in [6.07, 6.45) is 3.61. The normalized spacial score (nSPS) is 19.4. The zero-order chi connectivity index (χ0) is 17.8. The molecule has 25 heavy (non-hydrogen) atoms. The summed E-state index contributed by atoms with van der Waals surface area (Å²) in [5, 5.41) is 3.11. The van der Waals surface area contributed by atoms with Crippen molar-refractivity contribution < 1.29 is 14.3 Å². The zero-order valence-electron chi connectivity index (χ0n) is 15.2. The average Bonchev–Trinajstić information content (AvgIpc) is 3.47. The lowest BCUT2D eigenvalue weighted by Gasteiger charge is -2.32. The van der Waals surface area contributed by atoms with Gasteiger partial charge in [0.2, 0.25) is 11.8 Å². The van der Waals surface area contributed by atoms with Crippen LogP contribution in [-0.2, 0) is 9.59 Å². The number of likely N-dealkylation sites (tertiary alicyclic amines) is 1. The van der Waals surface area contributed by atoms with E-state index in [0.29, 0.717) is 25.6 Å². The maximum atomic E-state index is 12.5. The number of nitrogens with one attached hydrogen (secondary N) is 1. The highest BCUT2D eigenvalue weighted by Crippen LogP contribution is 2.32. The van der Waals surface area contributed by atoms with Crippen molar-refractivity contribution in [2.24, 2.45) is 11.8 Å². The van der Waals surface area contributed by atoms with Crippen LogP contribution in [-0.4, -0.2) is 36.4 Å². The van der Waals surface area contributed by atoms with Crippen molar-refractivity contribution in [1.29, 1.82) is 0 Å². The number of carbonyl (C=O) groups excluding carboxylic acids is 2. The Bertz CT molecular complexity index is 602. The van der Waals surface area contributed by atoms with Crippen molar-refractivity contribution in [3.63, 3.8) is 0 Å². The van der Waals surface area contributed by atoms with Gasteiger partial charge in [-0.1, -0.05) is 12.1 Å². The molecular formula is C20H28N2O3. The third kappa shape index (κ3) is 4.53. The van der Waals surface area contributed by atoms with Crippen LogP contribution < -0.4 is 10.1 Å². The van der Waals surface area contributed by atoms with E-state index < -0.39 is 0 Å². The monoisotopic (exact) mass is 344 g/mol. The van der Waals surface area contributed by atoms with Crippen molar-refractivity contribution in [1.82, 2.24) is 10.2 Å². The second-order valence-corrected chi connectivity index (χ2v) is 7.11. The number of benzene rings is 1. The van der Waals surface area contributed by atoms with Crippen LogP contribution in [0.25, 0.3) is 0 Å². The van der Waals surface area contributed by atoms with Gasteiger partial charge >= 0.3 is 0 Å². The summed E-state index contributed by atoms with van der Waals surface area (Å²) < 4.78 is 5.45. The number of ether oxygens (including phenoxy) is 1. The third-order valence-corrected chi connectivity index (χ3v) is 5.15. The summed E-state index contributed by atoms with van der Waals surface area (Å²) in [6.45, 7) is 6.03. The Hall–Kier alpha value is -2.04. The number of hydrogen-bond donors (Lipinski definition) is 1. The molecule has 1 aliphatic carbocycles. The molecule has 0 radical (unpaired) electrons. The molecule has 0 bridgehead atoms. The fraction of sp³-hybridized carbons (Fsp3) is 0.600. The quantitative estimate of drug-likeness (QED) is 0.863. The Labute approximate surface area is 149 Å². The van der Waals surface area contributed by atoms with Gasteiger partial charge in [-0.05, 0) is 57.2 Å². The second kappa shape index (κ2) is 7.89. The summed E-state index contributed by atoms with van der Waals surface area (Å²) >= 11 is 0. The van der Waals surface area contributed by atoms with Crippen LogP contribution in [0.1, 0.15) is 51.1 Å². The van der Waals surface area contributed by atoms with Crippen LogP contribution in [0.15, 0.2) is 24.3 Å². The van der Waals surface area contributed by atoms with E-state index in [1.54, 1.807) is 0 Å². The van der Waals surface area contributed by atoms with Crippen molar-refractivity contribution in [2.45, 2.75) is 45.6 Å². The molecule has 2 amide bonds. The Morgan fingerprint density at radius 3 is 2.32 bits per heavy atom. The molecule has 1 aromatic carbocycles. The van der Waals surface area contributed by atoms with Crippen LogP contribution in [0.3, 0.4) is 0 Å². The van der Waals surface area contributed by atoms with Crippen molar-refractivity contribution in [3.05, 3.63) is 29.8 Å². The highest BCUT2D eigenvalue weighted by atomic mass is 16.5. The Morgan fingerprint density at radius 2 is 1.76 bits per heavy atom. The maximum absolute atomic E-state index is 12.5. The summed E-state index contributed by atoms with van der Waals surface area (Å²) in [5.41, 5.74) is 1.07. The Morgan fingerprint density at radius 1 is 1.12 bits per heavy atom. The molecule has 2 fully saturated rings. The number of rotatable bonds is 6. The highest BCUT2D eigenvalue weighted by Gasteiger charge is 2.36. The largest absolute Gasteiger partial charge is 0.494 e. The first kappa shape index (κ1) is 17.8. The van der Waals surface area contributed by atoms with Crippen LogP contribution in [0.4, 0.5) is 0 Å². The van der Waals surface area contributed by atoms with Gasteiger partial charge < -0.3 is 15.0 Å². The second-order valence-electron chi connectivity index (χ2n) is 7.11. The lowest BCUT2D eigenvalue weighted by atomic mass is 9.95. The molecule has 5 heteroatoms. The summed E-state index contributed by atoms with van der Waals surface area (Å²) in [6, 6.07) is 7.82. The van der Waals surface area contributed by atoms with Crippen molar-refractivity contribution >= 4 is 11.8 Å². The van der Waals surface area contributed by atoms with Crippen LogP contribution in [0, 0.1) is 11.8 Å². The average molecular weight is 344 g/mol. The molecule has 0 spiro atoms. The minimum Gasteiger partial charge on any atom is -0.494 e. The molecule has 1 unspecified atom stereocenters. The first-order valence-electron chi connectivity index (χ1n) is 9.40. The molecule has 136 valence electrons. The van der Waals surface area contributed by atoms with Crippen LogP contribution in [0.2, 0.25) is 0 Å². The topological polar surface area (TPSA) is 58.6 Å². The Kier molecular flexibility index (Phi) is 5.61. The van der Waals surface area contributed by atoms with Gasteiger partial charge in [0, 0.05) is 24.9 Å². The van der Waals surface area contributed by atoms with Gasteiger partial charge in [-0.15, -0.1) is 0 Å². The maximum Gasteiger partial charge on any atom is 0.225 e. The van der Waals surface area contributed by atoms with E-state index in [4.69, 9.17) is 4.74 Å². The first-order chi connectivity index (χ1) is 12.1. The molecule has 1 heterocycles. The van der Waals surface area contributed by atoms with Crippen molar-refractivity contribution in [2.75, 3.05) is 19.7 Å². The van der Waals surface area contributed by atoms with Crippen LogP contribution in [0.5, 0.6) is 5.75 Å². The zero-order valence-corrected chi connectivity index (χ0v) is 15.2. The number of piperidine rings is 1. The molecule has 1 aromatic rings. The van der Waals surface area contributed by atoms with Gasteiger partial charge in [0.15, 0.2) is 0 Å². The summed E-state index contributed by atoms with van der Waals surface area (Å²) in [7, 11) is 0. The van der Waals surface area contributed by atoms with Gasteiger partial charge in [0.25, 0.3) is 0 Å². The molecule has 5 nitrogen and oxygen atoms in total. The molecule has 1 saturated carbocycles. The molecule has 1 N–H and O–H groups in total. The van der Waals surface area contributed by atoms with Crippen molar-refractivity contribution in [3.8, 4) is 5.75 Å². The lowest BCUT2D eigenvalue weighted by Crippen LogP contribution is -2.43. The minimum absolute atomic E-state index is 0.00778. The molecule has 1 atom stereocenters. The van der Waals surface area contributed by atoms with E-state index in [1.807, 2.05) is 43.0 Å². The van der Waals surface area contributed by atoms with Gasteiger partial charge in [0.1, 0.15) is 5.75 Å². The number of amides is 2. The predicted molar refractivity (Wildman–Crippen MR) is 96.2 cm³/mol. The first-order valence-corrected chi connectivity index (χ1v) is 9.40. The van der Waals surface area contributed by atoms with E-state index in [2.05, 4.69) is 5.32 Å². The highest BCUT2D eigenvalue weighted by molar-refractivity contribution is 5.82. The molecule has 1 saturated heterocycles. The number of carbonyl (C=O) groups is 2. The fourth-order valence-electron chi connectivity index (χ4n) is 3.38. The van der Waals surface area contributed by atoms with E-state index in [-0.39, 0.29) is 23.8 Å². The fourth-order valence-corrected chi connectivity index (χ4v) is 3.38. The third-order valence-electron chi connectivity index (χ3n) is 5.15. The number of hydrogen-bond acceptors (Lipinski definition) is 3. The summed E-state index contributed by atoms with van der Waals surface area (Å²) in [5.74, 6) is 1.51. The Balaban J connectivity index is 1.47. The SMILES string of the molecule is CCOc1ccc(C(C)NC(=O)C2CCN(C(=O)C3CC3)CC2)cc1. The predicted octanol–water partition coefficient (Wildman–Crippen LogP) is 2.91. The minimum atomic E-state index is -0.0331. The standard InChI is InChI=1S/C20H28N2O3/c1-3-25-18-8-6-15(7-9-18)14(2)21-19(23)16-10-12-22(13-11-16)20(24)17-4-5-17/h6-9,14,16-17H,3-5,10-13H2,1-2H3,(H,21,23). The van der Waals surface area contributed by atoms with Crippen LogP contribution >= 0.6 is 0 Å². The lowest BCUT2D eigenvalue weighted by molar-refractivity contribution is -0.136. The molecule has 1 aliphatic heterocycles. The molecule has 0 aromatic heterocycles. The molecule has 2 aliphatic rings. The van der Waals surface area contributed by atoms with Gasteiger partial charge in [-0.3, -0.25) is 9.59 Å². The van der Waals surface area contributed by atoms with E-state index in [9.17, 15) is 9.59 Å². The van der Waals surface area contributed by atoms with E-state index >= 15 is 0 Å². The summed E-state index contributed by atoms with van der Waals surface area (Å²) in [4.78, 5) is 26.6. The molecular weight excluding hydrogens is 316 g/mol. The van der Waals surface area contributed by atoms with E-state index in [0.717, 1.165) is 37.0 Å². The van der Waals surface area contributed by atoms with Gasteiger partial charge in [0.05, 0.1) is 12.6 Å². The molecule has 3 rings (SSSR count). The van der Waals surface area contributed by atoms with Gasteiger partial charge in [-0.25, -0.2) is 0 Å².